The summed E-state index contributed by atoms with van der Waals surface area (Å²) in [7, 11) is 0. The van der Waals surface area contributed by atoms with Crippen molar-refractivity contribution in [1.29, 1.82) is 10.5 Å². The first-order valence-electron chi connectivity index (χ1n) is 8.36. The Morgan fingerprint density at radius 3 is 2.48 bits per heavy atom. The number of nitriles is 2. The predicted molar refractivity (Wildman–Crippen MR) is 108 cm³/mol. The molecule has 0 amide bonds. The Bertz CT molecular complexity index is 900. The molecule has 1 aromatic heterocycles. The van der Waals surface area contributed by atoms with Crippen molar-refractivity contribution in [3.63, 3.8) is 0 Å². The molecule has 6 nitrogen and oxygen atoms in total. The molecule has 1 aromatic carbocycles. The molecule has 0 bridgehead atoms. The van der Waals surface area contributed by atoms with Crippen LogP contribution < -0.4 is 10.5 Å². The number of nitrogens with two attached hydrogens (primary N) is 1. The van der Waals surface area contributed by atoms with Gasteiger partial charge in [0.05, 0.1) is 25.4 Å². The van der Waals surface area contributed by atoms with E-state index in [-0.39, 0.29) is 11.4 Å². The van der Waals surface area contributed by atoms with Crippen molar-refractivity contribution in [2.75, 3.05) is 37.1 Å². The number of rotatable bonds is 7. The van der Waals surface area contributed by atoms with Gasteiger partial charge in [-0.15, -0.1) is 11.8 Å². The number of nitrogens with zero attached hydrogens (tertiary/aromatic N) is 3. The van der Waals surface area contributed by atoms with Gasteiger partial charge in [-0.05, 0) is 17.7 Å². The maximum absolute atomic E-state index is 9.77. The molecule has 0 radical (unpaired) electrons. The molecular weight excluding hydrogens is 380 g/mol. The summed E-state index contributed by atoms with van der Waals surface area (Å²) in [4.78, 5) is 4.31. The third-order valence-corrected chi connectivity index (χ3v) is 5.47. The Kier molecular flexibility index (Phi) is 6.46. The average Bonchev–Trinajstić information content (AvgIpc) is 2.65. The minimum absolute atomic E-state index is 0.134. The minimum Gasteiger partial charge on any atom is -0.493 e. The van der Waals surface area contributed by atoms with Crippen molar-refractivity contribution < 1.29 is 9.47 Å². The lowest BCUT2D eigenvalue weighted by atomic mass is 9.97. The van der Waals surface area contributed by atoms with Gasteiger partial charge >= 0.3 is 0 Å². The molecule has 0 spiro atoms. The average molecular weight is 399 g/mol. The molecule has 1 aliphatic rings. The van der Waals surface area contributed by atoms with Gasteiger partial charge in [0.25, 0.3) is 0 Å². The molecular formula is C19H18N4O2S2. The Hall–Kier alpha value is -2.39. The van der Waals surface area contributed by atoms with Crippen LogP contribution in [0.5, 0.6) is 5.75 Å². The van der Waals surface area contributed by atoms with Gasteiger partial charge in [-0.25, -0.2) is 4.98 Å². The van der Waals surface area contributed by atoms with Gasteiger partial charge in [0, 0.05) is 23.0 Å². The summed E-state index contributed by atoms with van der Waals surface area (Å²) in [6.45, 7) is 1.95. The largest absolute Gasteiger partial charge is 0.493 e. The number of nitrogen functional groups attached to an aromatic ring is 1. The number of thiol groups is 1. The summed E-state index contributed by atoms with van der Waals surface area (Å²) in [5, 5.41) is 19.9. The van der Waals surface area contributed by atoms with E-state index >= 15 is 0 Å². The third kappa shape index (κ3) is 4.30. The van der Waals surface area contributed by atoms with Crippen molar-refractivity contribution >= 4 is 30.2 Å². The van der Waals surface area contributed by atoms with Crippen LogP contribution in [0, 0.1) is 28.6 Å². The van der Waals surface area contributed by atoms with Gasteiger partial charge in [-0.2, -0.15) is 23.2 Å². The van der Waals surface area contributed by atoms with E-state index in [0.29, 0.717) is 40.2 Å². The number of hydrogen-bond donors (Lipinski definition) is 2. The van der Waals surface area contributed by atoms with E-state index in [2.05, 4.69) is 29.8 Å². The van der Waals surface area contributed by atoms with E-state index < -0.39 is 0 Å². The number of pyridine rings is 1. The van der Waals surface area contributed by atoms with Crippen LogP contribution in [0.3, 0.4) is 0 Å². The molecule has 2 heterocycles. The molecule has 1 saturated heterocycles. The summed E-state index contributed by atoms with van der Waals surface area (Å²) in [5.41, 5.74) is 7.85. The molecule has 0 saturated carbocycles. The number of ether oxygens (including phenoxy) is 2. The highest BCUT2D eigenvalue weighted by Gasteiger charge is 2.23. The van der Waals surface area contributed by atoms with E-state index in [4.69, 9.17) is 15.2 Å². The molecule has 2 N–H and O–H groups in total. The smallest absolute Gasteiger partial charge is 0.143 e. The number of hydrogen-bond acceptors (Lipinski definition) is 8. The second-order valence-electron chi connectivity index (χ2n) is 5.96. The monoisotopic (exact) mass is 398 g/mol. The lowest BCUT2D eigenvalue weighted by molar-refractivity contribution is -0.0196. The topological polar surface area (TPSA) is 105 Å². The van der Waals surface area contributed by atoms with E-state index in [1.165, 1.54) is 11.8 Å². The fourth-order valence-electron chi connectivity index (χ4n) is 2.65. The SMILES string of the molecule is N#Cc1c(N)nc(SCC2COC2)c(C#N)c1-c1ccc(OCCS)cc1. The zero-order chi connectivity index (χ0) is 19.2. The Morgan fingerprint density at radius 2 is 1.93 bits per heavy atom. The van der Waals surface area contributed by atoms with Crippen molar-refractivity contribution in [1.82, 2.24) is 4.98 Å². The number of thioether (sulfide) groups is 1. The normalized spacial score (nSPS) is 13.4. The molecule has 2 aromatic rings. The standard InChI is InChI=1S/C19H18N4O2S2/c20-7-15-17(13-1-3-14(4-2-13)25-5-6-26)16(8-21)19(23-18(15)22)27-11-12-9-24-10-12/h1-4,12,26H,5-6,9-11H2,(H2,22,23). The van der Waals surface area contributed by atoms with Crippen molar-refractivity contribution in [3.8, 4) is 29.0 Å². The lowest BCUT2D eigenvalue weighted by Gasteiger charge is -2.25. The Balaban J connectivity index is 2.00. The van der Waals surface area contributed by atoms with Crippen molar-refractivity contribution in [3.05, 3.63) is 35.4 Å². The fraction of sp³-hybridized carbons (Fsp3) is 0.316. The summed E-state index contributed by atoms with van der Waals surface area (Å²) in [6, 6.07) is 11.5. The first kappa shape index (κ1) is 19.4. The lowest BCUT2D eigenvalue weighted by Crippen LogP contribution is -2.29. The van der Waals surface area contributed by atoms with Crippen LogP contribution in [0.1, 0.15) is 11.1 Å². The highest BCUT2D eigenvalue weighted by molar-refractivity contribution is 7.99. The summed E-state index contributed by atoms with van der Waals surface area (Å²) < 4.78 is 10.7. The first-order valence-corrected chi connectivity index (χ1v) is 9.98. The van der Waals surface area contributed by atoms with E-state index in [1.807, 2.05) is 12.1 Å². The molecule has 27 heavy (non-hydrogen) atoms. The molecule has 1 fully saturated rings. The summed E-state index contributed by atoms with van der Waals surface area (Å²) in [6.07, 6.45) is 0. The van der Waals surface area contributed by atoms with Gasteiger partial charge < -0.3 is 15.2 Å². The number of aromatic nitrogens is 1. The maximum Gasteiger partial charge on any atom is 0.143 e. The highest BCUT2D eigenvalue weighted by Crippen LogP contribution is 2.37. The number of anilines is 1. The van der Waals surface area contributed by atoms with Crippen LogP contribution in [0.2, 0.25) is 0 Å². The predicted octanol–water partition coefficient (Wildman–Crippen LogP) is 3.12. The second-order valence-corrected chi connectivity index (χ2v) is 7.42. The van der Waals surface area contributed by atoms with Gasteiger partial charge in [0.15, 0.2) is 0 Å². The Morgan fingerprint density at radius 1 is 1.22 bits per heavy atom. The number of benzene rings is 1. The molecule has 3 rings (SSSR count). The maximum atomic E-state index is 9.77. The van der Waals surface area contributed by atoms with Crippen molar-refractivity contribution in [2.24, 2.45) is 5.92 Å². The van der Waals surface area contributed by atoms with E-state index in [9.17, 15) is 10.5 Å². The van der Waals surface area contributed by atoms with Crippen molar-refractivity contribution in [2.45, 2.75) is 5.03 Å². The van der Waals surface area contributed by atoms with Crippen LogP contribution in [0.15, 0.2) is 29.3 Å². The van der Waals surface area contributed by atoms with E-state index in [0.717, 1.165) is 24.5 Å². The fourth-order valence-corrected chi connectivity index (χ4v) is 3.78. The van der Waals surface area contributed by atoms with Crippen LogP contribution in [0.4, 0.5) is 5.82 Å². The third-order valence-electron chi connectivity index (χ3n) is 4.08. The molecule has 1 aliphatic heterocycles. The Labute approximate surface area is 167 Å². The van der Waals surface area contributed by atoms with Crippen LogP contribution >= 0.6 is 24.4 Å². The molecule has 0 aliphatic carbocycles. The van der Waals surface area contributed by atoms with Crippen LogP contribution in [-0.4, -0.2) is 36.3 Å². The van der Waals surface area contributed by atoms with E-state index in [1.54, 1.807) is 12.1 Å². The zero-order valence-corrected chi connectivity index (χ0v) is 16.2. The van der Waals surface area contributed by atoms with Gasteiger partial charge in [-0.3, -0.25) is 0 Å². The quantitative estimate of drug-likeness (QED) is 0.545. The van der Waals surface area contributed by atoms with Crippen LogP contribution in [0.25, 0.3) is 11.1 Å². The zero-order valence-electron chi connectivity index (χ0n) is 14.5. The first-order chi connectivity index (χ1) is 13.2. The van der Waals surface area contributed by atoms with Gasteiger partial charge in [0.1, 0.15) is 34.3 Å². The summed E-state index contributed by atoms with van der Waals surface area (Å²) in [5.74, 6) is 2.70. The highest BCUT2D eigenvalue weighted by atomic mass is 32.2. The molecule has 8 heteroatoms. The van der Waals surface area contributed by atoms with Crippen LogP contribution in [-0.2, 0) is 4.74 Å². The minimum atomic E-state index is 0.134. The van der Waals surface area contributed by atoms with Gasteiger partial charge in [-0.1, -0.05) is 12.1 Å². The second kappa shape index (κ2) is 9.01. The van der Waals surface area contributed by atoms with Gasteiger partial charge in [0.2, 0.25) is 0 Å². The molecule has 0 unspecified atom stereocenters. The molecule has 138 valence electrons. The summed E-state index contributed by atoms with van der Waals surface area (Å²) >= 11 is 5.60. The molecule has 0 atom stereocenters.